The molecule has 3 aromatic carbocycles. The van der Waals surface area contributed by atoms with E-state index < -0.39 is 18.1 Å². The van der Waals surface area contributed by atoms with Crippen LogP contribution < -0.4 is 82.0 Å². The van der Waals surface area contributed by atoms with Gasteiger partial charge >= 0.3 is 18.1 Å². The topological polar surface area (TPSA) is 352 Å². The zero-order valence-electron chi connectivity index (χ0n) is 43.5. The molecular formula is C51H60N16O11. The fourth-order valence-electron chi connectivity index (χ4n) is 7.17. The molecule has 78 heavy (non-hydrogen) atoms. The van der Waals surface area contributed by atoms with Crippen molar-refractivity contribution >= 4 is 82.0 Å². The summed E-state index contributed by atoms with van der Waals surface area (Å²) < 4.78 is 31.5. The number of nitrogens with one attached hydrogen (secondary N) is 9. The number of carbonyl (C=O) groups is 5. The lowest BCUT2D eigenvalue weighted by Crippen LogP contribution is -2.22. The van der Waals surface area contributed by atoms with Gasteiger partial charge in [-0.1, -0.05) is 0 Å². The van der Waals surface area contributed by atoms with E-state index in [2.05, 4.69) is 77.8 Å². The van der Waals surface area contributed by atoms with Gasteiger partial charge in [-0.2, -0.15) is 15.0 Å². The highest BCUT2D eigenvalue weighted by molar-refractivity contribution is 6.00. The molecule has 0 aliphatic carbocycles. The first-order chi connectivity index (χ1) is 37.6. The average molecular weight is 1070 g/mol. The smallest absolute Gasteiger partial charge is 0.326 e. The van der Waals surface area contributed by atoms with Gasteiger partial charge in [-0.3, -0.25) is 16.0 Å². The number of ketones is 2. The number of hydrogen-bond acceptors (Lipinski definition) is 21. The summed E-state index contributed by atoms with van der Waals surface area (Å²) >= 11 is 0. The van der Waals surface area contributed by atoms with Gasteiger partial charge in [0, 0.05) is 110 Å². The highest BCUT2D eigenvalue weighted by atomic mass is 16.7. The summed E-state index contributed by atoms with van der Waals surface area (Å²) in [6.07, 6.45) is 2.46. The van der Waals surface area contributed by atoms with Crippen molar-refractivity contribution in [2.75, 3.05) is 94.4 Å². The molecule has 3 aliphatic rings. The molecule has 410 valence electrons. The second-order valence-electron chi connectivity index (χ2n) is 17.3. The van der Waals surface area contributed by atoms with Crippen LogP contribution >= 0.6 is 0 Å². The zero-order chi connectivity index (χ0) is 55.4. The van der Waals surface area contributed by atoms with Crippen molar-refractivity contribution in [2.45, 2.75) is 60.3 Å². The molecule has 0 saturated carbocycles. The average Bonchev–Trinajstić information content (AvgIpc) is 4.19. The second kappa shape index (κ2) is 27.7. The molecule has 0 radical (unpaired) electrons. The number of amides is 6. The molecule has 27 heteroatoms. The normalized spacial score (nSPS) is 11.8. The van der Waals surface area contributed by atoms with Crippen LogP contribution in [0.1, 0.15) is 56.6 Å². The van der Waals surface area contributed by atoms with Gasteiger partial charge in [0.2, 0.25) is 38.2 Å². The molecule has 6 amide bonds. The van der Waals surface area contributed by atoms with Crippen LogP contribution in [-0.4, -0.2) is 106 Å². The maximum absolute atomic E-state index is 12.2. The number of nitrogens with two attached hydrogens (primary N) is 1. The number of Topliss-reactive ketones (excluding diaryl/α,β-unsaturated/α-hetero) is 2. The van der Waals surface area contributed by atoms with Crippen LogP contribution in [0.3, 0.4) is 0 Å². The lowest BCUT2D eigenvalue weighted by atomic mass is 10.2. The molecule has 9 rings (SSSR count). The van der Waals surface area contributed by atoms with Gasteiger partial charge in [0.05, 0.1) is 0 Å². The van der Waals surface area contributed by atoms with E-state index in [1.807, 2.05) is 20.8 Å². The lowest BCUT2D eigenvalue weighted by Gasteiger charge is -2.10. The molecule has 0 saturated heterocycles. The van der Waals surface area contributed by atoms with E-state index in [1.165, 1.54) is 0 Å². The van der Waals surface area contributed by atoms with Gasteiger partial charge in [0.1, 0.15) is 29.0 Å². The highest BCUT2D eigenvalue weighted by Crippen LogP contribution is 2.36. The number of anilines is 9. The highest BCUT2D eigenvalue weighted by Gasteiger charge is 2.18. The second-order valence-corrected chi connectivity index (χ2v) is 17.3. The third-order valence-electron chi connectivity index (χ3n) is 10.6. The Hall–Kier alpha value is -9.79. The largest absolute Gasteiger partial charge is 0.454 e. The van der Waals surface area contributed by atoms with Crippen LogP contribution in [0.15, 0.2) is 72.8 Å². The van der Waals surface area contributed by atoms with Gasteiger partial charge in [0.15, 0.2) is 34.5 Å². The van der Waals surface area contributed by atoms with E-state index >= 15 is 0 Å². The third-order valence-corrected chi connectivity index (χ3v) is 10.6. The molecule has 0 atom stereocenters. The van der Waals surface area contributed by atoms with Gasteiger partial charge in [-0.25, -0.2) is 29.3 Å². The Morgan fingerprint density at radius 3 is 1.04 bits per heavy atom. The van der Waals surface area contributed by atoms with E-state index in [4.69, 9.17) is 34.2 Å². The van der Waals surface area contributed by atoms with Gasteiger partial charge in [-0.15, -0.1) is 0 Å². The summed E-state index contributed by atoms with van der Waals surface area (Å²) in [4.78, 5) is 83.8. The van der Waals surface area contributed by atoms with E-state index in [1.54, 1.807) is 86.6 Å². The van der Waals surface area contributed by atoms with Crippen molar-refractivity contribution in [1.82, 2.24) is 29.9 Å². The Kier molecular flexibility index (Phi) is 19.8. The predicted molar refractivity (Wildman–Crippen MR) is 290 cm³/mol. The molecule has 0 unspecified atom stereocenters. The lowest BCUT2D eigenvalue weighted by molar-refractivity contribution is -0.117. The molecule has 27 nitrogen and oxygen atoms in total. The fraction of sp³-hybridized carbons (Fsp3) is 0.314. The Morgan fingerprint density at radius 2 is 0.731 bits per heavy atom. The van der Waals surface area contributed by atoms with Crippen LogP contribution in [0.2, 0.25) is 0 Å². The van der Waals surface area contributed by atoms with E-state index in [9.17, 15) is 24.0 Å². The molecule has 0 spiro atoms. The monoisotopic (exact) mass is 1070 g/mol. The Morgan fingerprint density at radius 1 is 0.423 bits per heavy atom. The molecule has 6 aromatic rings. The predicted octanol–water partition coefficient (Wildman–Crippen LogP) is 7.41. The minimum absolute atomic E-state index is 0.151. The standard InChI is InChI=1S/2C18H21N5O4.C15H18N6O3/c2*1-11-8-16(19-7-3-4-12(2)24)22-17(20-11)23-18(25)21-13-5-6-14-15(9-13)27-10-26-14;1-9-6-13(17-5-4-16)20-14(18-9)21-15(22)19-10-2-3-11-12(7-10)24-8-23-11/h2*5-6,8-9H,3-4,7,10H2,1-2H3,(H3,19,20,21,22,23,25);2-3,6-7H,4-5,8,16H2,1H3,(H3,17,18,19,20,21,22). The number of ether oxygens (including phenoxy) is 6. The molecule has 11 N–H and O–H groups in total. The van der Waals surface area contributed by atoms with Crippen LogP contribution in [0.25, 0.3) is 0 Å². The number of nitrogens with zero attached hydrogens (tertiary/aromatic N) is 6. The summed E-state index contributed by atoms with van der Waals surface area (Å²) in [6, 6.07) is 19.3. The van der Waals surface area contributed by atoms with Crippen molar-refractivity contribution in [3.05, 3.63) is 89.9 Å². The van der Waals surface area contributed by atoms with Crippen molar-refractivity contribution in [1.29, 1.82) is 0 Å². The molecule has 0 bridgehead atoms. The van der Waals surface area contributed by atoms with Crippen LogP contribution in [-0.2, 0) is 9.59 Å². The summed E-state index contributed by atoms with van der Waals surface area (Å²) in [5, 5.41) is 25.2. The maximum Gasteiger partial charge on any atom is 0.326 e. The first-order valence-corrected chi connectivity index (χ1v) is 24.5. The maximum atomic E-state index is 12.2. The van der Waals surface area contributed by atoms with E-state index in [0.717, 1.165) is 5.69 Å². The number of aromatic nitrogens is 6. The SMILES string of the molecule is CC(=O)CCCNc1cc(C)nc(NC(=O)Nc2ccc3c(c2)OCO3)n1.CC(=O)CCCNc1cc(C)nc(NC(=O)Nc2ccc3c(c2)OCO3)n1.Cc1cc(NCCN)nc(NC(=O)Nc2ccc3c(c2)OCO3)n1. The first-order valence-electron chi connectivity index (χ1n) is 24.5. The Balaban J connectivity index is 0.000000170. The quantitative estimate of drug-likeness (QED) is 0.0353. The third kappa shape index (κ3) is 18.0. The minimum atomic E-state index is -0.470. The van der Waals surface area contributed by atoms with Crippen molar-refractivity contribution in [2.24, 2.45) is 5.73 Å². The number of rotatable bonds is 19. The number of carbonyl (C=O) groups excluding carboxylic acids is 5. The molecule has 0 fully saturated rings. The zero-order valence-corrected chi connectivity index (χ0v) is 43.5. The van der Waals surface area contributed by atoms with Crippen LogP contribution in [0.5, 0.6) is 34.5 Å². The minimum Gasteiger partial charge on any atom is -0.454 e. The van der Waals surface area contributed by atoms with Gasteiger partial charge in [-0.05, 0) is 83.9 Å². The number of hydrogen-bond donors (Lipinski definition) is 10. The first kappa shape index (κ1) is 55.9. The molecule has 3 aliphatic heterocycles. The van der Waals surface area contributed by atoms with E-state index in [0.29, 0.717) is 132 Å². The van der Waals surface area contributed by atoms with E-state index in [-0.39, 0.29) is 49.8 Å². The Labute approximate surface area is 447 Å². The van der Waals surface area contributed by atoms with Crippen LogP contribution in [0, 0.1) is 20.8 Å². The molecule has 6 heterocycles. The molecule has 3 aromatic heterocycles. The number of fused-ring (bicyclic) bond motifs is 3. The summed E-state index contributed by atoms with van der Waals surface area (Å²) in [5.74, 6) is 6.33. The van der Waals surface area contributed by atoms with Crippen molar-refractivity contribution < 1.29 is 52.4 Å². The summed E-state index contributed by atoms with van der Waals surface area (Å²) in [6.45, 7) is 11.4. The Bertz CT molecular complexity index is 2970. The fourth-order valence-corrected chi connectivity index (χ4v) is 7.17. The number of urea groups is 3. The van der Waals surface area contributed by atoms with Crippen molar-refractivity contribution in [3.8, 4) is 34.5 Å². The van der Waals surface area contributed by atoms with Gasteiger partial charge < -0.3 is 75.6 Å². The number of aryl methyl sites for hydroxylation is 3. The number of benzene rings is 3. The molecular weight excluding hydrogens is 1010 g/mol. The summed E-state index contributed by atoms with van der Waals surface area (Å²) in [5.41, 5.74) is 9.29. The van der Waals surface area contributed by atoms with Crippen molar-refractivity contribution in [3.63, 3.8) is 0 Å². The summed E-state index contributed by atoms with van der Waals surface area (Å²) in [7, 11) is 0. The van der Waals surface area contributed by atoms with Gasteiger partial charge in [0.25, 0.3) is 0 Å². The van der Waals surface area contributed by atoms with Crippen LogP contribution in [0.4, 0.5) is 66.7 Å².